The highest BCUT2D eigenvalue weighted by molar-refractivity contribution is 6.35. The van der Waals surface area contributed by atoms with Gasteiger partial charge in [-0.15, -0.1) is 0 Å². The lowest BCUT2D eigenvalue weighted by Crippen LogP contribution is -2.43. The number of carbonyl (C=O) groups excluding carboxylic acids is 2. The Kier molecular flexibility index (Phi) is 5.71. The molecule has 2 amide bonds. The predicted molar refractivity (Wildman–Crippen MR) is 76.4 cm³/mol. The zero-order valence-corrected chi connectivity index (χ0v) is 11.7. The molecule has 0 saturated carbocycles. The Morgan fingerprint density at radius 1 is 1.24 bits per heavy atom. The molecule has 0 aromatic heterocycles. The lowest BCUT2D eigenvalue weighted by Gasteiger charge is -2.13. The minimum atomic E-state index is -0.832. The average Bonchev–Trinajstić information content (AvgIpc) is 3.04. The molecule has 114 valence electrons. The number of benzene rings is 1. The van der Waals surface area contributed by atoms with Gasteiger partial charge >= 0.3 is 11.8 Å². The zero-order chi connectivity index (χ0) is 15.1. The Labute approximate surface area is 123 Å². The first-order valence-electron chi connectivity index (χ1n) is 7.07. The summed E-state index contributed by atoms with van der Waals surface area (Å²) >= 11 is 0. The number of hydrogen-bond donors (Lipinski definition) is 3. The lowest BCUT2D eigenvalue weighted by atomic mass is 10.1. The van der Waals surface area contributed by atoms with Gasteiger partial charge in [0.25, 0.3) is 0 Å². The van der Waals surface area contributed by atoms with Crippen LogP contribution in [-0.2, 0) is 14.3 Å². The fourth-order valence-electron chi connectivity index (χ4n) is 2.15. The van der Waals surface area contributed by atoms with Gasteiger partial charge in [-0.3, -0.25) is 9.59 Å². The van der Waals surface area contributed by atoms with E-state index in [2.05, 4.69) is 10.6 Å². The average molecular weight is 292 g/mol. The minimum Gasteiger partial charge on any atom is -0.387 e. The third kappa shape index (κ3) is 4.84. The summed E-state index contributed by atoms with van der Waals surface area (Å²) in [5.74, 6) is -1.45. The normalized spacial score (nSPS) is 19.0. The van der Waals surface area contributed by atoms with Crippen LogP contribution < -0.4 is 10.6 Å². The van der Waals surface area contributed by atoms with Crippen LogP contribution >= 0.6 is 0 Å². The first-order valence-corrected chi connectivity index (χ1v) is 7.07. The van der Waals surface area contributed by atoms with Gasteiger partial charge in [-0.2, -0.15) is 0 Å². The van der Waals surface area contributed by atoms with Gasteiger partial charge in [0, 0.05) is 19.7 Å². The summed E-state index contributed by atoms with van der Waals surface area (Å²) in [6.45, 7) is 1.04. The van der Waals surface area contributed by atoms with E-state index in [9.17, 15) is 14.7 Å². The third-order valence-corrected chi connectivity index (χ3v) is 3.36. The highest BCUT2D eigenvalue weighted by atomic mass is 16.5. The largest absolute Gasteiger partial charge is 0.387 e. The van der Waals surface area contributed by atoms with E-state index in [-0.39, 0.29) is 12.6 Å². The molecule has 21 heavy (non-hydrogen) atoms. The lowest BCUT2D eigenvalue weighted by molar-refractivity contribution is -0.139. The summed E-state index contributed by atoms with van der Waals surface area (Å²) < 4.78 is 5.35. The summed E-state index contributed by atoms with van der Waals surface area (Å²) in [6, 6.07) is 8.96. The molecule has 2 atom stereocenters. The number of amides is 2. The van der Waals surface area contributed by atoms with Gasteiger partial charge in [0.2, 0.25) is 0 Å². The highest BCUT2D eigenvalue weighted by Crippen LogP contribution is 2.11. The number of aliphatic hydroxyl groups excluding tert-OH is 1. The van der Waals surface area contributed by atoms with E-state index in [0.29, 0.717) is 18.7 Å². The van der Waals surface area contributed by atoms with Crippen LogP contribution in [0.2, 0.25) is 0 Å². The van der Waals surface area contributed by atoms with Gasteiger partial charge in [-0.1, -0.05) is 30.3 Å². The molecular formula is C15H20N2O4. The van der Waals surface area contributed by atoms with E-state index in [0.717, 1.165) is 12.8 Å². The second-order valence-corrected chi connectivity index (χ2v) is 4.98. The number of carbonyl (C=O) groups is 2. The molecule has 1 aromatic rings. The molecule has 6 nitrogen and oxygen atoms in total. The zero-order valence-electron chi connectivity index (χ0n) is 11.7. The molecule has 0 radical (unpaired) electrons. The van der Waals surface area contributed by atoms with Crippen LogP contribution in [-0.4, -0.2) is 42.7 Å². The number of rotatable bonds is 5. The van der Waals surface area contributed by atoms with Gasteiger partial charge < -0.3 is 20.5 Å². The van der Waals surface area contributed by atoms with Crippen molar-refractivity contribution in [1.82, 2.24) is 10.6 Å². The summed E-state index contributed by atoms with van der Waals surface area (Å²) in [5.41, 5.74) is 0.692. The van der Waals surface area contributed by atoms with Crippen molar-refractivity contribution in [3.05, 3.63) is 35.9 Å². The summed E-state index contributed by atoms with van der Waals surface area (Å²) in [5, 5.41) is 14.8. The molecule has 0 unspecified atom stereocenters. The van der Waals surface area contributed by atoms with E-state index in [1.54, 1.807) is 24.3 Å². The topological polar surface area (TPSA) is 87.7 Å². The number of hydrogen-bond acceptors (Lipinski definition) is 4. The van der Waals surface area contributed by atoms with E-state index in [4.69, 9.17) is 4.74 Å². The van der Waals surface area contributed by atoms with Crippen LogP contribution in [0.3, 0.4) is 0 Å². The van der Waals surface area contributed by atoms with Gasteiger partial charge in [0.05, 0.1) is 12.2 Å². The molecule has 1 fully saturated rings. The van der Waals surface area contributed by atoms with Gasteiger partial charge in [0.1, 0.15) is 0 Å². The quantitative estimate of drug-likeness (QED) is 0.673. The number of ether oxygens (including phenoxy) is 1. The van der Waals surface area contributed by atoms with Gasteiger partial charge in [-0.05, 0) is 18.4 Å². The summed E-state index contributed by atoms with van der Waals surface area (Å²) in [4.78, 5) is 23.2. The molecule has 0 spiro atoms. The van der Waals surface area contributed by atoms with Crippen molar-refractivity contribution in [2.45, 2.75) is 25.0 Å². The molecule has 1 aromatic carbocycles. The maximum Gasteiger partial charge on any atom is 0.309 e. The first-order chi connectivity index (χ1) is 10.2. The van der Waals surface area contributed by atoms with Crippen molar-refractivity contribution in [3.8, 4) is 0 Å². The third-order valence-electron chi connectivity index (χ3n) is 3.36. The molecule has 1 heterocycles. The smallest absolute Gasteiger partial charge is 0.309 e. The molecule has 0 bridgehead atoms. The first kappa shape index (κ1) is 15.5. The predicted octanol–water partition coefficient (Wildman–Crippen LogP) is 0.131. The Bertz CT molecular complexity index is 472. The van der Waals surface area contributed by atoms with Crippen LogP contribution in [0.5, 0.6) is 0 Å². The van der Waals surface area contributed by atoms with E-state index < -0.39 is 17.9 Å². The maximum atomic E-state index is 11.6. The van der Waals surface area contributed by atoms with Gasteiger partial charge in [0.15, 0.2) is 0 Å². The molecule has 2 rings (SSSR count). The van der Waals surface area contributed by atoms with Crippen molar-refractivity contribution >= 4 is 11.8 Å². The maximum absolute atomic E-state index is 11.6. The van der Waals surface area contributed by atoms with Crippen LogP contribution in [0.15, 0.2) is 30.3 Å². The van der Waals surface area contributed by atoms with Crippen LogP contribution in [0, 0.1) is 0 Å². The Morgan fingerprint density at radius 3 is 2.62 bits per heavy atom. The second kappa shape index (κ2) is 7.75. The van der Waals surface area contributed by atoms with Crippen molar-refractivity contribution in [3.63, 3.8) is 0 Å². The molecule has 6 heteroatoms. The molecule has 1 aliphatic heterocycles. The standard InChI is InChI=1S/C15H20N2O4/c18-13(11-5-2-1-3-6-11)10-17-15(20)14(19)16-9-12-7-4-8-21-12/h1-3,5-6,12-13,18H,4,7-10H2,(H,16,19)(H,17,20)/t12-,13+/m0/s1. The van der Waals surface area contributed by atoms with Gasteiger partial charge in [-0.25, -0.2) is 0 Å². The minimum absolute atomic E-state index is 0.00309. The van der Waals surface area contributed by atoms with Crippen molar-refractivity contribution in [2.75, 3.05) is 19.7 Å². The monoisotopic (exact) mass is 292 g/mol. The molecule has 0 aliphatic carbocycles. The molecule has 3 N–H and O–H groups in total. The Balaban J connectivity index is 1.69. The van der Waals surface area contributed by atoms with Crippen LogP contribution in [0.4, 0.5) is 0 Å². The van der Waals surface area contributed by atoms with Crippen molar-refractivity contribution in [1.29, 1.82) is 0 Å². The fraction of sp³-hybridized carbons (Fsp3) is 0.467. The van der Waals surface area contributed by atoms with Crippen molar-refractivity contribution in [2.24, 2.45) is 0 Å². The molecule has 1 saturated heterocycles. The SMILES string of the molecule is O=C(NC[C@@H]1CCCO1)C(=O)NC[C@@H](O)c1ccccc1. The van der Waals surface area contributed by atoms with E-state index >= 15 is 0 Å². The van der Waals surface area contributed by atoms with Crippen molar-refractivity contribution < 1.29 is 19.4 Å². The fourth-order valence-corrected chi connectivity index (χ4v) is 2.15. The summed E-state index contributed by atoms with van der Waals surface area (Å²) in [6.07, 6.45) is 1.04. The van der Waals surface area contributed by atoms with Crippen LogP contribution in [0.1, 0.15) is 24.5 Å². The van der Waals surface area contributed by atoms with Crippen LogP contribution in [0.25, 0.3) is 0 Å². The Hall–Kier alpha value is -1.92. The Morgan fingerprint density at radius 2 is 1.95 bits per heavy atom. The summed E-state index contributed by atoms with van der Waals surface area (Å²) in [7, 11) is 0. The van der Waals surface area contributed by atoms with E-state index in [1.165, 1.54) is 0 Å². The molecule has 1 aliphatic rings. The highest BCUT2D eigenvalue weighted by Gasteiger charge is 2.19. The second-order valence-electron chi connectivity index (χ2n) is 4.98. The van der Waals surface area contributed by atoms with E-state index in [1.807, 2.05) is 6.07 Å². The number of aliphatic hydroxyl groups is 1. The molecular weight excluding hydrogens is 272 g/mol. The number of nitrogens with one attached hydrogen (secondary N) is 2.